The van der Waals surface area contributed by atoms with Crippen molar-refractivity contribution in [3.63, 3.8) is 0 Å². The van der Waals surface area contributed by atoms with Crippen LogP contribution in [0.25, 0.3) is 10.8 Å². The number of nitrogens with one attached hydrogen (secondary N) is 3. The van der Waals surface area contributed by atoms with E-state index >= 15 is 0 Å². The lowest BCUT2D eigenvalue weighted by atomic mass is 9.88. The van der Waals surface area contributed by atoms with Crippen molar-refractivity contribution >= 4 is 44.6 Å². The van der Waals surface area contributed by atoms with Crippen LogP contribution in [0.5, 0.6) is 11.6 Å². The number of allylic oxidation sites excluding steroid dienone is 1. The third-order valence-electron chi connectivity index (χ3n) is 10.8. The minimum atomic E-state index is -3.99. The molecule has 15 heteroatoms. The molecule has 4 N–H and O–H groups in total. The van der Waals surface area contributed by atoms with Crippen molar-refractivity contribution in [2.24, 2.45) is 17.8 Å². The SMILES string of the molecule is CCOc1ccc2c(O[C@@H]3C[C@H]4C(=O)N[C@]5(C(=O)NS(=O)(=O)C6(C)CC6)C[C@H]5C=CCC[C@H](C)C[C@@H](C)[C@H](NC(=O)O)C(=O)N4C3)nccc2c1. The zero-order valence-electron chi connectivity index (χ0n) is 29.4. The number of nitrogens with zero attached hydrogens (tertiary/aromatic N) is 2. The first-order chi connectivity index (χ1) is 24.2. The van der Waals surface area contributed by atoms with E-state index in [0.29, 0.717) is 49.3 Å². The number of rotatable bonds is 8. The largest absolute Gasteiger partial charge is 0.494 e. The lowest BCUT2D eigenvalue weighted by Gasteiger charge is -2.32. The Morgan fingerprint density at radius 1 is 1.16 bits per heavy atom. The minimum absolute atomic E-state index is 0.0197. The highest BCUT2D eigenvalue weighted by Crippen LogP contribution is 2.47. The highest BCUT2D eigenvalue weighted by atomic mass is 32.2. The van der Waals surface area contributed by atoms with Crippen molar-refractivity contribution in [1.29, 1.82) is 0 Å². The van der Waals surface area contributed by atoms with Gasteiger partial charge >= 0.3 is 6.09 Å². The van der Waals surface area contributed by atoms with Gasteiger partial charge in [-0.1, -0.05) is 26.0 Å². The molecule has 0 unspecified atom stereocenters. The first-order valence-corrected chi connectivity index (χ1v) is 19.2. The Bertz CT molecular complexity index is 1850. The maximum absolute atomic E-state index is 14.3. The lowest BCUT2D eigenvalue weighted by molar-refractivity contribution is -0.142. The van der Waals surface area contributed by atoms with Gasteiger partial charge in [0.25, 0.3) is 5.91 Å². The van der Waals surface area contributed by atoms with Crippen LogP contribution in [0, 0.1) is 17.8 Å². The molecule has 14 nitrogen and oxygen atoms in total. The summed E-state index contributed by atoms with van der Waals surface area (Å²) in [5, 5.41) is 16.5. The smallest absolute Gasteiger partial charge is 0.405 e. The number of pyridine rings is 1. The monoisotopic (exact) mass is 725 g/mol. The van der Waals surface area contributed by atoms with Gasteiger partial charge in [0, 0.05) is 23.9 Å². The Kier molecular flexibility index (Phi) is 9.96. The van der Waals surface area contributed by atoms with Gasteiger partial charge in [0.05, 0.1) is 17.9 Å². The summed E-state index contributed by atoms with van der Waals surface area (Å²) in [5.74, 6) is -1.81. The number of aromatic nitrogens is 1. The van der Waals surface area contributed by atoms with E-state index in [9.17, 15) is 32.7 Å². The van der Waals surface area contributed by atoms with Gasteiger partial charge in [-0.05, 0) is 93.9 Å². The zero-order chi connectivity index (χ0) is 36.7. The summed E-state index contributed by atoms with van der Waals surface area (Å²) in [6, 6.07) is 5.01. The van der Waals surface area contributed by atoms with E-state index in [0.717, 1.165) is 11.8 Å². The van der Waals surface area contributed by atoms with Crippen molar-refractivity contribution < 1.29 is 42.2 Å². The van der Waals surface area contributed by atoms with Crippen molar-refractivity contribution in [2.75, 3.05) is 13.2 Å². The first kappa shape index (κ1) is 36.4. The lowest BCUT2D eigenvalue weighted by Crippen LogP contribution is -2.59. The number of benzene rings is 1. The van der Waals surface area contributed by atoms with Crippen molar-refractivity contribution in [2.45, 2.75) is 101 Å². The minimum Gasteiger partial charge on any atom is -0.494 e. The normalized spacial score (nSPS) is 30.5. The maximum atomic E-state index is 14.3. The standard InChI is InChI=1S/C36H47N5O9S/c1-5-49-25-10-11-27-23(17-25)12-15-37-31(27)50-26-18-28-30(42)39-36(33(44)40-51(47,48)35(4)13-14-35)19-24(36)9-7-6-8-21(2)16-22(3)29(38-34(45)46)32(43)41(28)20-26/h7,9-12,15,17,21-22,24,26,28-29,38H,5-6,8,13-14,16,18-20H2,1-4H3,(H,39,42)(H,40,44)(H,45,46)/t21-,22+,24+,26+,28-,29-,36+/m0/s1. The van der Waals surface area contributed by atoms with E-state index in [1.54, 1.807) is 19.2 Å². The van der Waals surface area contributed by atoms with E-state index in [1.807, 2.05) is 51.1 Å². The second kappa shape index (κ2) is 14.0. The molecule has 4 amide bonds. The van der Waals surface area contributed by atoms with Crippen LogP contribution in [0.15, 0.2) is 42.6 Å². The molecule has 0 radical (unpaired) electrons. The summed E-state index contributed by atoms with van der Waals surface area (Å²) in [6.45, 7) is 7.76. The van der Waals surface area contributed by atoms with Gasteiger partial charge in [0.2, 0.25) is 27.7 Å². The molecule has 276 valence electrons. The van der Waals surface area contributed by atoms with Crippen LogP contribution in [-0.2, 0) is 24.4 Å². The molecule has 2 aliphatic heterocycles. The number of fused-ring (bicyclic) bond motifs is 3. The topological polar surface area (TPSA) is 193 Å². The van der Waals surface area contributed by atoms with Gasteiger partial charge < -0.3 is 30.1 Å². The van der Waals surface area contributed by atoms with E-state index in [1.165, 1.54) is 4.90 Å². The van der Waals surface area contributed by atoms with Crippen molar-refractivity contribution in [3.8, 4) is 11.6 Å². The number of amides is 4. The van der Waals surface area contributed by atoms with Gasteiger partial charge in [-0.2, -0.15) is 0 Å². The molecule has 4 aliphatic rings. The van der Waals surface area contributed by atoms with Gasteiger partial charge in [-0.25, -0.2) is 18.2 Å². The number of hydrogen-bond acceptors (Lipinski definition) is 9. The number of carbonyl (C=O) groups is 4. The molecule has 1 aromatic heterocycles. The molecule has 0 bridgehead atoms. The molecule has 0 spiro atoms. The third kappa shape index (κ3) is 7.49. The highest BCUT2D eigenvalue weighted by Gasteiger charge is 2.63. The van der Waals surface area contributed by atoms with Gasteiger partial charge in [0.15, 0.2) is 0 Å². The van der Waals surface area contributed by atoms with E-state index in [-0.39, 0.29) is 25.3 Å². The fraction of sp³-hybridized carbons (Fsp3) is 0.583. The molecule has 6 rings (SSSR count). The van der Waals surface area contributed by atoms with Crippen LogP contribution in [0.2, 0.25) is 0 Å². The number of hydrogen-bond donors (Lipinski definition) is 4. The molecule has 7 atom stereocenters. The Hall–Kier alpha value is -4.40. The molecular weight excluding hydrogens is 678 g/mol. The molecule has 2 aromatic rings. The molecular formula is C36H47N5O9S. The maximum Gasteiger partial charge on any atom is 0.405 e. The van der Waals surface area contributed by atoms with E-state index in [2.05, 4.69) is 20.3 Å². The molecule has 1 saturated heterocycles. The summed E-state index contributed by atoms with van der Waals surface area (Å²) < 4.78 is 39.4. The van der Waals surface area contributed by atoms with E-state index < -0.39 is 74.1 Å². The first-order valence-electron chi connectivity index (χ1n) is 17.7. The van der Waals surface area contributed by atoms with Crippen molar-refractivity contribution in [3.05, 3.63) is 42.6 Å². The van der Waals surface area contributed by atoms with Crippen molar-refractivity contribution in [1.82, 2.24) is 25.2 Å². The molecule has 3 heterocycles. The van der Waals surface area contributed by atoms with Gasteiger partial charge in [0.1, 0.15) is 29.5 Å². The highest BCUT2D eigenvalue weighted by molar-refractivity contribution is 7.91. The van der Waals surface area contributed by atoms with Crippen LogP contribution in [-0.4, -0.2) is 88.8 Å². The van der Waals surface area contributed by atoms with Gasteiger partial charge in [-0.3, -0.25) is 19.1 Å². The summed E-state index contributed by atoms with van der Waals surface area (Å²) in [6.07, 6.45) is 6.30. The molecule has 3 fully saturated rings. The average molecular weight is 726 g/mol. The Morgan fingerprint density at radius 3 is 2.63 bits per heavy atom. The number of ether oxygens (including phenoxy) is 2. The summed E-state index contributed by atoms with van der Waals surface area (Å²) in [7, 11) is -3.99. The predicted molar refractivity (Wildman–Crippen MR) is 187 cm³/mol. The Labute approximate surface area is 297 Å². The van der Waals surface area contributed by atoms with Crippen LogP contribution in [0.4, 0.5) is 4.79 Å². The van der Waals surface area contributed by atoms with E-state index in [4.69, 9.17) is 9.47 Å². The number of carbonyl (C=O) groups excluding carboxylic acids is 3. The average Bonchev–Trinajstić information content (AvgIpc) is 3.95. The zero-order valence-corrected chi connectivity index (χ0v) is 30.2. The Balaban J connectivity index is 1.33. The fourth-order valence-corrected chi connectivity index (χ4v) is 8.68. The quantitative estimate of drug-likeness (QED) is 0.293. The second-order valence-corrected chi connectivity index (χ2v) is 17.0. The molecule has 51 heavy (non-hydrogen) atoms. The third-order valence-corrected chi connectivity index (χ3v) is 13.0. The fourth-order valence-electron chi connectivity index (χ4n) is 7.37. The van der Waals surface area contributed by atoms with Crippen LogP contribution < -0.4 is 24.8 Å². The molecule has 2 saturated carbocycles. The second-order valence-electron chi connectivity index (χ2n) is 14.8. The van der Waals surface area contributed by atoms with Crippen LogP contribution in [0.3, 0.4) is 0 Å². The summed E-state index contributed by atoms with van der Waals surface area (Å²) in [5.41, 5.74) is -1.53. The molecule has 2 aliphatic carbocycles. The number of sulfonamides is 1. The summed E-state index contributed by atoms with van der Waals surface area (Å²) >= 11 is 0. The number of carboxylic acid groups (broad SMARTS) is 1. The van der Waals surface area contributed by atoms with Gasteiger partial charge in [-0.15, -0.1) is 0 Å². The summed E-state index contributed by atoms with van der Waals surface area (Å²) in [4.78, 5) is 60.1. The Morgan fingerprint density at radius 2 is 1.92 bits per heavy atom. The van der Waals surface area contributed by atoms with Crippen LogP contribution >= 0.6 is 0 Å². The predicted octanol–water partition coefficient (Wildman–Crippen LogP) is 3.50. The van der Waals surface area contributed by atoms with Crippen LogP contribution in [0.1, 0.15) is 72.6 Å². The molecule has 1 aromatic carbocycles.